The number of methoxy groups -OCH3 is 1. The number of nitrogens with two attached hydrogens (primary N) is 1. The summed E-state index contributed by atoms with van der Waals surface area (Å²) in [6, 6.07) is 8.05. The van der Waals surface area contributed by atoms with Gasteiger partial charge in [0.1, 0.15) is 16.7 Å². The Bertz CT molecular complexity index is 1410. The second-order valence-electron chi connectivity index (χ2n) is 13.7. The van der Waals surface area contributed by atoms with E-state index in [1.165, 1.54) is 25.4 Å². The molecule has 6 atom stereocenters. The van der Waals surface area contributed by atoms with Gasteiger partial charge in [0.15, 0.2) is 6.10 Å². The number of hydrogen-bond donors (Lipinski definition) is 3. The van der Waals surface area contributed by atoms with E-state index in [0.717, 1.165) is 5.56 Å². The lowest BCUT2D eigenvalue weighted by Gasteiger charge is -2.37. The minimum absolute atomic E-state index is 0.0653. The van der Waals surface area contributed by atoms with E-state index in [4.69, 9.17) is 15.2 Å². The van der Waals surface area contributed by atoms with Crippen LogP contribution < -0.4 is 16.4 Å². The second kappa shape index (κ2) is 18.8. The molecule has 1 heterocycles. The van der Waals surface area contributed by atoms with Gasteiger partial charge in [-0.2, -0.15) is 0 Å². The first-order valence-electron chi connectivity index (χ1n) is 16.8. The van der Waals surface area contributed by atoms with E-state index in [1.807, 2.05) is 58.0 Å². The number of nitrogens with zero attached hydrogens (tertiary/aromatic N) is 2. The van der Waals surface area contributed by atoms with Crippen LogP contribution >= 0.6 is 11.3 Å². The number of rotatable bonds is 18. The van der Waals surface area contributed by atoms with Gasteiger partial charge in [0.2, 0.25) is 11.8 Å². The van der Waals surface area contributed by atoms with Crippen LogP contribution in [0.15, 0.2) is 35.7 Å². The average Bonchev–Trinajstić information content (AvgIpc) is 3.54. The summed E-state index contributed by atoms with van der Waals surface area (Å²) in [5.74, 6) is -2.71. The number of hydrogen-bond acceptors (Lipinski definition) is 10. The summed E-state index contributed by atoms with van der Waals surface area (Å²) in [6.45, 7) is 14.0. The van der Waals surface area contributed by atoms with Crippen LogP contribution in [0.2, 0.25) is 0 Å². The van der Waals surface area contributed by atoms with E-state index >= 15 is 0 Å². The van der Waals surface area contributed by atoms with Crippen molar-refractivity contribution in [1.29, 1.82) is 0 Å². The van der Waals surface area contributed by atoms with Crippen molar-refractivity contribution in [2.45, 2.75) is 111 Å². The zero-order valence-corrected chi connectivity index (χ0v) is 31.4. The van der Waals surface area contributed by atoms with Crippen LogP contribution in [0, 0.1) is 17.8 Å². The van der Waals surface area contributed by atoms with Crippen molar-refractivity contribution >= 4 is 41.0 Å². The van der Waals surface area contributed by atoms with Gasteiger partial charge in [0, 0.05) is 37.9 Å². The Morgan fingerprint density at radius 3 is 2.18 bits per heavy atom. The zero-order valence-electron chi connectivity index (χ0n) is 30.6. The summed E-state index contributed by atoms with van der Waals surface area (Å²) in [5, 5.41) is 7.88. The largest absolute Gasteiger partial charge is 0.469 e. The highest BCUT2D eigenvalue weighted by molar-refractivity contribution is 7.09. The minimum Gasteiger partial charge on any atom is -0.469 e. The van der Waals surface area contributed by atoms with Gasteiger partial charge in [-0.15, -0.1) is 11.3 Å². The lowest BCUT2D eigenvalue weighted by atomic mass is 9.92. The zero-order chi connectivity index (χ0) is 37.1. The molecule has 2 aromatic rings. The van der Waals surface area contributed by atoms with Crippen LogP contribution in [0.3, 0.4) is 0 Å². The maximum Gasteiger partial charge on any atom is 0.308 e. The van der Waals surface area contributed by atoms with E-state index in [2.05, 4.69) is 15.6 Å². The van der Waals surface area contributed by atoms with E-state index in [1.54, 1.807) is 38.1 Å². The molecule has 4 N–H and O–H groups in total. The molecular weight excluding hydrogens is 646 g/mol. The predicted molar refractivity (Wildman–Crippen MR) is 189 cm³/mol. The number of amides is 3. The molecule has 3 amide bonds. The van der Waals surface area contributed by atoms with Gasteiger partial charge >= 0.3 is 11.9 Å². The molecule has 0 spiro atoms. The molecule has 0 radical (unpaired) electrons. The van der Waals surface area contributed by atoms with Crippen LogP contribution in [0.1, 0.15) is 102 Å². The Kier molecular flexibility index (Phi) is 15.9. The number of benzene rings is 1. The first kappa shape index (κ1) is 41.3. The molecule has 0 saturated heterocycles. The third-order valence-corrected chi connectivity index (χ3v) is 9.60. The fraction of sp³-hybridized carbons (Fsp3) is 0.611. The number of likely N-dealkylation sites (N-methyl/N-ethyl adjacent to an activating group) is 1. The van der Waals surface area contributed by atoms with E-state index < -0.39 is 47.4 Å². The van der Waals surface area contributed by atoms with Gasteiger partial charge < -0.3 is 30.7 Å². The van der Waals surface area contributed by atoms with Crippen LogP contribution in [0.5, 0.6) is 0 Å². The SMILES string of the molecule is CCC(C)[C@H](NC(=O)C(C)(C)N)C(=O)N(C)[C@H](C[C@@H](OC(C)=O)c1nc(C(=O)N[C@@H](Cc2ccccc2)C[C@H](C)C(=O)OC)cs1)C(C)C. The number of carbonyl (C=O) groups excluding carboxylic acids is 5. The standard InChI is InChI=1S/C36H55N5O7S/c1-11-22(4)30(40-35(46)36(7,8)37)33(44)41(9)28(21(2)3)19-29(48-24(6)42)32-39-27(20-49-32)31(43)38-26(17-23(5)34(45)47-10)18-25-15-13-12-14-16-25/h12-16,20-23,26,28-30H,11,17-19,37H2,1-10H3,(H,38,43)(H,40,46)/t22?,23-,26+,28+,29+,30-/m0/s1. The molecule has 2 rings (SSSR count). The molecule has 13 heteroatoms. The van der Waals surface area contributed by atoms with Crippen molar-refractivity contribution in [3.63, 3.8) is 0 Å². The number of ether oxygens (including phenoxy) is 2. The molecule has 0 aliphatic carbocycles. The number of thiazole rings is 1. The van der Waals surface area contributed by atoms with Crippen molar-refractivity contribution in [2.24, 2.45) is 23.5 Å². The molecule has 0 aliphatic rings. The molecular formula is C36H55N5O7S. The number of carbonyl (C=O) groups is 5. The second-order valence-corrected chi connectivity index (χ2v) is 14.6. The maximum atomic E-state index is 13.9. The summed E-state index contributed by atoms with van der Waals surface area (Å²) in [7, 11) is 3.01. The molecule has 1 aromatic heterocycles. The van der Waals surface area contributed by atoms with Crippen LogP contribution in [0.4, 0.5) is 0 Å². The van der Waals surface area contributed by atoms with Crippen molar-refractivity contribution in [1.82, 2.24) is 20.5 Å². The Morgan fingerprint density at radius 1 is 1.02 bits per heavy atom. The maximum absolute atomic E-state index is 13.9. The number of aromatic nitrogens is 1. The topological polar surface area (TPSA) is 170 Å². The summed E-state index contributed by atoms with van der Waals surface area (Å²) in [5.41, 5.74) is 5.99. The molecule has 1 unspecified atom stereocenters. The Hall–Kier alpha value is -3.84. The summed E-state index contributed by atoms with van der Waals surface area (Å²) in [6.07, 6.45) is 0.877. The van der Waals surface area contributed by atoms with E-state index in [0.29, 0.717) is 24.3 Å². The number of esters is 2. The molecule has 272 valence electrons. The minimum atomic E-state index is -1.17. The molecule has 0 fully saturated rings. The van der Waals surface area contributed by atoms with E-state index in [9.17, 15) is 24.0 Å². The highest BCUT2D eigenvalue weighted by Crippen LogP contribution is 2.31. The fourth-order valence-corrected chi connectivity index (χ4v) is 6.34. The molecule has 12 nitrogen and oxygen atoms in total. The van der Waals surface area contributed by atoms with Gasteiger partial charge in [-0.1, -0.05) is 71.4 Å². The average molecular weight is 702 g/mol. The molecule has 0 bridgehead atoms. The van der Waals surface area contributed by atoms with Crippen LogP contribution in [-0.4, -0.2) is 77.4 Å². The predicted octanol–water partition coefficient (Wildman–Crippen LogP) is 4.43. The van der Waals surface area contributed by atoms with E-state index in [-0.39, 0.29) is 41.9 Å². The van der Waals surface area contributed by atoms with Crippen molar-refractivity contribution in [3.05, 3.63) is 52.0 Å². The Morgan fingerprint density at radius 2 is 1.65 bits per heavy atom. The molecule has 49 heavy (non-hydrogen) atoms. The van der Waals surface area contributed by atoms with Crippen molar-refractivity contribution < 1.29 is 33.4 Å². The monoisotopic (exact) mass is 701 g/mol. The summed E-state index contributed by atoms with van der Waals surface area (Å²) < 4.78 is 10.6. The van der Waals surface area contributed by atoms with Gasteiger partial charge in [-0.05, 0) is 44.1 Å². The van der Waals surface area contributed by atoms with Gasteiger partial charge in [-0.25, -0.2) is 4.98 Å². The fourth-order valence-electron chi connectivity index (χ4n) is 5.50. The first-order chi connectivity index (χ1) is 22.9. The van der Waals surface area contributed by atoms with Gasteiger partial charge in [-0.3, -0.25) is 24.0 Å². The van der Waals surface area contributed by atoms with Gasteiger partial charge in [0.05, 0.1) is 18.6 Å². The highest BCUT2D eigenvalue weighted by Gasteiger charge is 2.37. The summed E-state index contributed by atoms with van der Waals surface area (Å²) >= 11 is 1.18. The third-order valence-electron chi connectivity index (χ3n) is 8.66. The number of nitrogens with one attached hydrogen (secondary N) is 2. The lowest BCUT2D eigenvalue weighted by molar-refractivity contribution is -0.149. The Labute approximate surface area is 294 Å². The quantitative estimate of drug-likeness (QED) is 0.190. The third kappa shape index (κ3) is 12.5. The van der Waals surface area contributed by atoms with Crippen molar-refractivity contribution in [2.75, 3.05) is 14.2 Å². The van der Waals surface area contributed by atoms with Gasteiger partial charge in [0.25, 0.3) is 5.91 Å². The lowest BCUT2D eigenvalue weighted by Crippen LogP contribution is -2.59. The molecule has 0 aliphatic heterocycles. The normalized spacial score (nSPS) is 15.3. The first-order valence-corrected chi connectivity index (χ1v) is 17.7. The van der Waals surface area contributed by atoms with Crippen LogP contribution in [0.25, 0.3) is 0 Å². The molecule has 1 aromatic carbocycles. The molecule has 0 saturated carbocycles. The summed E-state index contributed by atoms with van der Waals surface area (Å²) in [4.78, 5) is 70.8. The van der Waals surface area contributed by atoms with Crippen LogP contribution in [-0.2, 0) is 35.1 Å². The smallest absolute Gasteiger partial charge is 0.308 e. The van der Waals surface area contributed by atoms with Crippen molar-refractivity contribution in [3.8, 4) is 0 Å². The Balaban J connectivity index is 2.33. The highest BCUT2D eigenvalue weighted by atomic mass is 32.1.